The lowest BCUT2D eigenvalue weighted by atomic mass is 10.3. The van der Waals surface area contributed by atoms with Crippen LogP contribution in [0.25, 0.3) is 11.0 Å². The predicted octanol–water partition coefficient (Wildman–Crippen LogP) is 1.66. The molecule has 0 amide bonds. The maximum absolute atomic E-state index is 5.24. The van der Waals surface area contributed by atoms with Crippen molar-refractivity contribution in [2.24, 2.45) is 12.0 Å². The third kappa shape index (κ3) is 3.45. The lowest BCUT2D eigenvalue weighted by Crippen LogP contribution is -2.37. The Labute approximate surface area is 125 Å². The number of hydrogen-bond acceptors (Lipinski definition) is 3. The van der Waals surface area contributed by atoms with Crippen molar-refractivity contribution >= 4 is 17.0 Å². The summed E-state index contributed by atoms with van der Waals surface area (Å²) >= 11 is 0. The van der Waals surface area contributed by atoms with Gasteiger partial charge in [-0.1, -0.05) is 0 Å². The van der Waals surface area contributed by atoms with Gasteiger partial charge in [0.1, 0.15) is 18.1 Å². The SMILES string of the molecule is CCNC(=NCc1nc2cc(OC)ccc2n1C)NCC. The van der Waals surface area contributed by atoms with Gasteiger partial charge in [-0.3, -0.25) is 0 Å². The number of methoxy groups -OCH3 is 1. The van der Waals surface area contributed by atoms with Gasteiger partial charge in [-0.2, -0.15) is 0 Å². The number of nitrogens with zero attached hydrogens (tertiary/aromatic N) is 3. The summed E-state index contributed by atoms with van der Waals surface area (Å²) in [6, 6.07) is 5.90. The molecule has 6 nitrogen and oxygen atoms in total. The number of nitrogens with one attached hydrogen (secondary N) is 2. The molecule has 0 aliphatic heterocycles. The number of aliphatic imine (C=N–C) groups is 1. The number of rotatable bonds is 5. The highest BCUT2D eigenvalue weighted by molar-refractivity contribution is 5.80. The first kappa shape index (κ1) is 15.2. The Balaban J connectivity index is 2.25. The molecular formula is C15H23N5O. The topological polar surface area (TPSA) is 63.5 Å². The van der Waals surface area contributed by atoms with Crippen LogP contribution in [0.3, 0.4) is 0 Å². The van der Waals surface area contributed by atoms with Gasteiger partial charge in [0.05, 0.1) is 18.1 Å². The second-order valence-corrected chi connectivity index (χ2v) is 4.67. The van der Waals surface area contributed by atoms with E-state index in [1.807, 2.05) is 39.1 Å². The quantitative estimate of drug-likeness (QED) is 0.649. The Morgan fingerprint density at radius 1 is 1.29 bits per heavy atom. The smallest absolute Gasteiger partial charge is 0.191 e. The standard InChI is InChI=1S/C15H23N5O/c1-5-16-15(17-6-2)18-10-14-19-12-9-11(21-4)7-8-13(12)20(14)3/h7-9H,5-6,10H2,1-4H3,(H2,16,17,18). The number of imidazole rings is 1. The predicted molar refractivity (Wildman–Crippen MR) is 85.8 cm³/mol. The summed E-state index contributed by atoms with van der Waals surface area (Å²) in [7, 11) is 3.67. The van der Waals surface area contributed by atoms with Gasteiger partial charge in [0, 0.05) is 26.2 Å². The summed E-state index contributed by atoms with van der Waals surface area (Å²) in [6.07, 6.45) is 0. The third-order valence-corrected chi connectivity index (χ3v) is 3.25. The van der Waals surface area contributed by atoms with Gasteiger partial charge >= 0.3 is 0 Å². The number of hydrogen-bond donors (Lipinski definition) is 2. The highest BCUT2D eigenvalue weighted by Crippen LogP contribution is 2.21. The van der Waals surface area contributed by atoms with Crippen LogP contribution in [0.2, 0.25) is 0 Å². The molecule has 6 heteroatoms. The number of aryl methyl sites for hydroxylation is 1. The first-order valence-corrected chi connectivity index (χ1v) is 7.21. The van der Waals surface area contributed by atoms with Gasteiger partial charge in [-0.25, -0.2) is 9.98 Å². The van der Waals surface area contributed by atoms with Crippen LogP contribution in [0, 0.1) is 0 Å². The fourth-order valence-corrected chi connectivity index (χ4v) is 2.16. The van der Waals surface area contributed by atoms with E-state index in [1.165, 1.54) is 0 Å². The lowest BCUT2D eigenvalue weighted by molar-refractivity contribution is 0.415. The van der Waals surface area contributed by atoms with E-state index in [9.17, 15) is 0 Å². The summed E-state index contributed by atoms with van der Waals surface area (Å²) in [6.45, 7) is 6.31. The van der Waals surface area contributed by atoms with Crippen LogP contribution < -0.4 is 15.4 Å². The molecule has 0 bridgehead atoms. The van der Waals surface area contributed by atoms with Crippen LogP contribution in [-0.2, 0) is 13.6 Å². The summed E-state index contributed by atoms with van der Waals surface area (Å²) in [4.78, 5) is 9.19. The van der Waals surface area contributed by atoms with E-state index in [0.29, 0.717) is 6.54 Å². The maximum Gasteiger partial charge on any atom is 0.191 e. The molecular weight excluding hydrogens is 266 g/mol. The van der Waals surface area contributed by atoms with Gasteiger partial charge in [-0.05, 0) is 26.0 Å². The summed E-state index contributed by atoms with van der Waals surface area (Å²) in [5.74, 6) is 2.55. The Hall–Kier alpha value is -2.24. The molecule has 2 N–H and O–H groups in total. The average Bonchev–Trinajstić information content (AvgIpc) is 2.81. The van der Waals surface area contributed by atoms with Gasteiger partial charge in [0.2, 0.25) is 0 Å². The van der Waals surface area contributed by atoms with Crippen molar-refractivity contribution < 1.29 is 4.74 Å². The largest absolute Gasteiger partial charge is 0.497 e. The molecule has 1 aromatic carbocycles. The normalized spacial score (nSPS) is 10.5. The first-order valence-electron chi connectivity index (χ1n) is 7.21. The molecule has 2 aromatic rings. The highest BCUT2D eigenvalue weighted by atomic mass is 16.5. The lowest BCUT2D eigenvalue weighted by Gasteiger charge is -2.08. The number of benzene rings is 1. The number of aromatic nitrogens is 2. The molecule has 0 radical (unpaired) electrons. The van der Waals surface area contributed by atoms with E-state index in [0.717, 1.165) is 41.7 Å². The van der Waals surface area contributed by atoms with Crippen molar-refractivity contribution in [1.82, 2.24) is 20.2 Å². The highest BCUT2D eigenvalue weighted by Gasteiger charge is 2.08. The molecule has 2 rings (SSSR count). The molecule has 0 aliphatic rings. The van der Waals surface area contributed by atoms with E-state index in [4.69, 9.17) is 4.74 Å². The molecule has 0 fully saturated rings. The van der Waals surface area contributed by atoms with Crippen LogP contribution in [0.15, 0.2) is 23.2 Å². The Morgan fingerprint density at radius 2 is 2.00 bits per heavy atom. The van der Waals surface area contributed by atoms with Crippen LogP contribution in [0.1, 0.15) is 19.7 Å². The Bertz CT molecular complexity index is 624. The number of guanidine groups is 1. The molecule has 0 aliphatic carbocycles. The summed E-state index contributed by atoms with van der Waals surface area (Å²) in [5.41, 5.74) is 2.00. The second-order valence-electron chi connectivity index (χ2n) is 4.67. The van der Waals surface area contributed by atoms with Crippen LogP contribution in [0.4, 0.5) is 0 Å². The third-order valence-electron chi connectivity index (χ3n) is 3.25. The average molecular weight is 289 g/mol. The molecule has 0 saturated carbocycles. The van der Waals surface area contributed by atoms with Gasteiger partial charge in [-0.15, -0.1) is 0 Å². The molecule has 0 unspecified atom stereocenters. The van der Waals surface area contributed by atoms with Crippen molar-refractivity contribution in [1.29, 1.82) is 0 Å². The minimum atomic E-state index is 0.531. The van der Waals surface area contributed by atoms with Crippen LogP contribution in [-0.4, -0.2) is 35.7 Å². The minimum Gasteiger partial charge on any atom is -0.497 e. The fourth-order valence-electron chi connectivity index (χ4n) is 2.16. The number of ether oxygens (including phenoxy) is 1. The van der Waals surface area contributed by atoms with E-state index in [1.54, 1.807) is 7.11 Å². The van der Waals surface area contributed by atoms with Crippen molar-refractivity contribution in [2.75, 3.05) is 20.2 Å². The van der Waals surface area contributed by atoms with Crippen molar-refractivity contribution in [3.05, 3.63) is 24.0 Å². The molecule has 114 valence electrons. The Kier molecular flexibility index (Phi) is 5.03. The molecule has 21 heavy (non-hydrogen) atoms. The minimum absolute atomic E-state index is 0.531. The summed E-state index contributed by atoms with van der Waals surface area (Å²) in [5, 5.41) is 6.41. The Morgan fingerprint density at radius 3 is 2.62 bits per heavy atom. The van der Waals surface area contributed by atoms with E-state index >= 15 is 0 Å². The van der Waals surface area contributed by atoms with Gasteiger partial charge < -0.3 is 19.9 Å². The van der Waals surface area contributed by atoms with Crippen LogP contribution >= 0.6 is 0 Å². The van der Waals surface area contributed by atoms with Crippen molar-refractivity contribution in [3.63, 3.8) is 0 Å². The molecule has 1 aromatic heterocycles. The van der Waals surface area contributed by atoms with E-state index in [-0.39, 0.29) is 0 Å². The number of fused-ring (bicyclic) bond motifs is 1. The van der Waals surface area contributed by atoms with Crippen molar-refractivity contribution in [2.45, 2.75) is 20.4 Å². The molecule has 1 heterocycles. The fraction of sp³-hybridized carbons (Fsp3) is 0.467. The van der Waals surface area contributed by atoms with Gasteiger partial charge in [0.25, 0.3) is 0 Å². The molecule has 0 spiro atoms. The van der Waals surface area contributed by atoms with Crippen molar-refractivity contribution in [3.8, 4) is 5.75 Å². The molecule has 0 saturated heterocycles. The van der Waals surface area contributed by atoms with E-state index < -0.39 is 0 Å². The zero-order chi connectivity index (χ0) is 15.2. The zero-order valence-electron chi connectivity index (χ0n) is 13.1. The second kappa shape index (κ2) is 6.97. The molecule has 0 atom stereocenters. The van der Waals surface area contributed by atoms with E-state index in [2.05, 4.69) is 25.2 Å². The first-order chi connectivity index (χ1) is 10.2. The van der Waals surface area contributed by atoms with Gasteiger partial charge in [0.15, 0.2) is 5.96 Å². The maximum atomic E-state index is 5.24. The summed E-state index contributed by atoms with van der Waals surface area (Å²) < 4.78 is 7.30. The van der Waals surface area contributed by atoms with Crippen LogP contribution in [0.5, 0.6) is 5.75 Å². The monoisotopic (exact) mass is 289 g/mol. The zero-order valence-corrected chi connectivity index (χ0v) is 13.1.